The molecule has 0 bridgehead atoms. The number of hydrogen-bond acceptors (Lipinski definition) is 6. The maximum atomic E-state index is 11.8. The number of benzene rings is 3. The summed E-state index contributed by atoms with van der Waals surface area (Å²) in [7, 11) is 0. The molecule has 0 fully saturated rings. The molecule has 28 heavy (non-hydrogen) atoms. The summed E-state index contributed by atoms with van der Waals surface area (Å²) in [6.07, 6.45) is -0.473. The first-order valence-electron chi connectivity index (χ1n) is 8.79. The van der Waals surface area contributed by atoms with E-state index in [0.29, 0.717) is 5.75 Å². The van der Waals surface area contributed by atoms with Gasteiger partial charge in [0.25, 0.3) is 12.2 Å². The highest BCUT2D eigenvalue weighted by Crippen LogP contribution is 2.51. The van der Waals surface area contributed by atoms with Crippen LogP contribution in [-0.4, -0.2) is 10.5 Å². The van der Waals surface area contributed by atoms with Crippen molar-refractivity contribution in [3.63, 3.8) is 0 Å². The predicted octanol–water partition coefficient (Wildman–Crippen LogP) is 4.80. The van der Waals surface area contributed by atoms with Gasteiger partial charge in [0.05, 0.1) is 4.90 Å². The second-order valence-electron chi connectivity index (χ2n) is 6.60. The average molecular weight is 410 g/mol. The Kier molecular flexibility index (Phi) is 3.69. The van der Waals surface area contributed by atoms with Crippen LogP contribution in [0.2, 0.25) is 0 Å². The van der Waals surface area contributed by atoms with Crippen LogP contribution in [0.3, 0.4) is 0 Å². The lowest BCUT2D eigenvalue weighted by atomic mass is 10.2. The molecule has 3 aliphatic rings. The van der Waals surface area contributed by atoms with E-state index in [2.05, 4.69) is 0 Å². The Morgan fingerprint density at radius 1 is 0.821 bits per heavy atom. The second-order valence-corrected chi connectivity index (χ2v) is 9.07. The lowest BCUT2D eigenvalue weighted by Crippen LogP contribution is -2.08. The summed E-state index contributed by atoms with van der Waals surface area (Å²) < 4.78 is 35.3. The molecule has 3 heterocycles. The van der Waals surface area contributed by atoms with Crippen molar-refractivity contribution in [2.24, 2.45) is 0 Å². The second kappa shape index (κ2) is 6.27. The quantitative estimate of drug-likeness (QED) is 0.566. The molecule has 0 amide bonds. The van der Waals surface area contributed by atoms with Crippen molar-refractivity contribution in [3.8, 4) is 23.0 Å². The van der Waals surface area contributed by atoms with Gasteiger partial charge in [0.2, 0.25) is 0 Å². The summed E-state index contributed by atoms with van der Waals surface area (Å²) in [5.41, 5.74) is 1.72. The van der Waals surface area contributed by atoms with E-state index in [1.807, 2.05) is 60.7 Å². The molecule has 7 heteroatoms. The molecule has 0 aromatic heterocycles. The summed E-state index contributed by atoms with van der Waals surface area (Å²) in [6.45, 7) is 0. The van der Waals surface area contributed by atoms with Gasteiger partial charge in [-0.15, -0.1) is 0 Å². The molecule has 0 radical (unpaired) electrons. The molecule has 2 unspecified atom stereocenters. The molecular weight excluding hydrogens is 396 g/mol. The van der Waals surface area contributed by atoms with Gasteiger partial charge in [-0.05, 0) is 42.5 Å². The number of thioether (sulfide) groups is 1. The van der Waals surface area contributed by atoms with Gasteiger partial charge in [-0.1, -0.05) is 30.0 Å². The SMILES string of the molecule is [O-][S+]1COc2cc(C3Oc4cc(C5Oc6ccccc6O5)ccc4S3)ccc21. The molecule has 2 atom stereocenters. The van der Waals surface area contributed by atoms with Crippen LogP contribution in [0.5, 0.6) is 23.0 Å². The van der Waals surface area contributed by atoms with E-state index >= 15 is 0 Å². The van der Waals surface area contributed by atoms with Gasteiger partial charge in [0.1, 0.15) is 5.75 Å². The molecule has 6 rings (SSSR count). The van der Waals surface area contributed by atoms with Crippen molar-refractivity contribution < 1.29 is 23.5 Å². The van der Waals surface area contributed by atoms with Gasteiger partial charge < -0.3 is 23.5 Å². The summed E-state index contributed by atoms with van der Waals surface area (Å²) >= 11 is 0.572. The Morgan fingerprint density at radius 2 is 1.57 bits per heavy atom. The molecule has 0 N–H and O–H groups in total. The first-order chi connectivity index (χ1) is 13.7. The Bertz CT molecular complexity index is 1060. The lowest BCUT2D eigenvalue weighted by Gasteiger charge is -2.12. The number of para-hydroxylation sites is 2. The molecule has 0 spiro atoms. The van der Waals surface area contributed by atoms with Crippen LogP contribution in [0, 0.1) is 0 Å². The first-order valence-corrected chi connectivity index (χ1v) is 11.0. The minimum absolute atomic E-state index is 0.171. The van der Waals surface area contributed by atoms with Gasteiger partial charge in [-0.3, -0.25) is 0 Å². The number of rotatable bonds is 2. The van der Waals surface area contributed by atoms with Crippen molar-refractivity contribution in [1.82, 2.24) is 0 Å². The maximum Gasteiger partial charge on any atom is 0.268 e. The van der Waals surface area contributed by atoms with Crippen LogP contribution < -0.4 is 18.9 Å². The van der Waals surface area contributed by atoms with Crippen LogP contribution in [-0.2, 0) is 11.2 Å². The van der Waals surface area contributed by atoms with Crippen LogP contribution in [0.1, 0.15) is 22.9 Å². The molecule has 0 saturated heterocycles. The summed E-state index contributed by atoms with van der Waals surface area (Å²) in [5, 5.41) is 0. The van der Waals surface area contributed by atoms with Crippen LogP contribution in [0.4, 0.5) is 0 Å². The largest absolute Gasteiger partial charge is 0.609 e. The van der Waals surface area contributed by atoms with E-state index in [1.54, 1.807) is 11.8 Å². The Balaban J connectivity index is 1.24. The number of fused-ring (bicyclic) bond motifs is 3. The normalized spacial score (nSPS) is 21.8. The molecule has 0 saturated carbocycles. The Labute approximate surface area is 168 Å². The highest BCUT2D eigenvalue weighted by Gasteiger charge is 2.32. The fourth-order valence-corrected chi connectivity index (χ4v) is 5.40. The van der Waals surface area contributed by atoms with Crippen molar-refractivity contribution in [2.75, 3.05) is 5.94 Å². The van der Waals surface area contributed by atoms with Crippen LogP contribution in [0.25, 0.3) is 0 Å². The minimum atomic E-state index is -1.07. The van der Waals surface area contributed by atoms with Crippen molar-refractivity contribution >= 4 is 22.9 Å². The van der Waals surface area contributed by atoms with Gasteiger partial charge in [0.15, 0.2) is 27.6 Å². The third kappa shape index (κ3) is 2.62. The predicted molar refractivity (Wildman–Crippen MR) is 104 cm³/mol. The van der Waals surface area contributed by atoms with Gasteiger partial charge >= 0.3 is 0 Å². The van der Waals surface area contributed by atoms with E-state index < -0.39 is 17.5 Å². The zero-order valence-corrected chi connectivity index (χ0v) is 16.1. The molecule has 5 nitrogen and oxygen atoms in total. The fourth-order valence-electron chi connectivity index (χ4n) is 3.44. The number of ether oxygens (including phenoxy) is 4. The Morgan fingerprint density at radius 3 is 2.39 bits per heavy atom. The van der Waals surface area contributed by atoms with Gasteiger partial charge in [0, 0.05) is 22.3 Å². The smallest absolute Gasteiger partial charge is 0.268 e. The topological polar surface area (TPSA) is 60.0 Å². The lowest BCUT2D eigenvalue weighted by molar-refractivity contribution is 0.0484. The maximum absolute atomic E-state index is 11.8. The van der Waals surface area contributed by atoms with Crippen molar-refractivity contribution in [2.45, 2.75) is 21.5 Å². The van der Waals surface area contributed by atoms with Crippen LogP contribution in [0.15, 0.2) is 70.5 Å². The monoisotopic (exact) mass is 410 g/mol. The molecule has 0 aliphatic carbocycles. The van der Waals surface area contributed by atoms with Gasteiger partial charge in [-0.2, -0.15) is 0 Å². The summed E-state index contributed by atoms with van der Waals surface area (Å²) in [6, 6.07) is 19.4. The zero-order valence-electron chi connectivity index (χ0n) is 14.5. The van der Waals surface area contributed by atoms with Crippen molar-refractivity contribution in [3.05, 3.63) is 71.8 Å². The van der Waals surface area contributed by atoms with E-state index in [-0.39, 0.29) is 11.4 Å². The minimum Gasteiger partial charge on any atom is -0.609 e. The number of hydrogen-bond donors (Lipinski definition) is 0. The van der Waals surface area contributed by atoms with E-state index in [0.717, 1.165) is 38.2 Å². The summed E-state index contributed by atoms with van der Waals surface area (Å²) in [4.78, 5) is 1.82. The molecular formula is C21H14O5S2. The van der Waals surface area contributed by atoms with Gasteiger partial charge in [-0.25, -0.2) is 0 Å². The molecule has 3 aromatic carbocycles. The van der Waals surface area contributed by atoms with E-state index in [4.69, 9.17) is 18.9 Å². The first kappa shape index (κ1) is 16.5. The highest BCUT2D eigenvalue weighted by atomic mass is 32.2. The van der Waals surface area contributed by atoms with E-state index in [1.165, 1.54) is 0 Å². The van der Waals surface area contributed by atoms with Crippen LogP contribution >= 0.6 is 11.8 Å². The standard InChI is InChI=1S/C21H14O5S2/c22-28-11-23-17-10-13(6-8-19(17)28)21-26-16-9-12(5-7-18(16)27-21)20-24-14-3-1-2-4-15(14)25-20/h1-10,20-21H,11H2. The van der Waals surface area contributed by atoms with E-state index in [9.17, 15) is 4.55 Å². The van der Waals surface area contributed by atoms with Crippen molar-refractivity contribution in [1.29, 1.82) is 0 Å². The third-order valence-electron chi connectivity index (χ3n) is 4.83. The molecule has 3 aromatic rings. The molecule has 3 aliphatic heterocycles. The summed E-state index contributed by atoms with van der Waals surface area (Å²) in [5.74, 6) is 3.21. The Hall–Kier alpha value is -2.48. The zero-order chi connectivity index (χ0) is 18.7. The average Bonchev–Trinajstić information content (AvgIpc) is 3.43. The molecule has 140 valence electrons. The fraction of sp³-hybridized carbons (Fsp3) is 0.143. The highest BCUT2D eigenvalue weighted by molar-refractivity contribution is 7.99. The third-order valence-corrected chi connectivity index (χ3v) is 7.17.